The fourth-order valence-corrected chi connectivity index (χ4v) is 6.76. The molecule has 0 aliphatic heterocycles. The topological polar surface area (TPSA) is 86.8 Å². The molecule has 0 unspecified atom stereocenters. The second-order valence-electron chi connectivity index (χ2n) is 10.4. The fraction of sp³-hybridized carbons (Fsp3) is 0.235. The number of para-hydroxylation sites is 1. The van der Waals surface area contributed by atoms with E-state index in [0.29, 0.717) is 27.2 Å². The van der Waals surface area contributed by atoms with Gasteiger partial charge in [-0.3, -0.25) is 13.9 Å². The number of nitrogens with zero attached hydrogens (tertiary/aromatic N) is 2. The first-order valence-electron chi connectivity index (χ1n) is 14.5. The van der Waals surface area contributed by atoms with E-state index in [4.69, 9.17) is 34.8 Å². The van der Waals surface area contributed by atoms with E-state index in [2.05, 4.69) is 5.32 Å². The van der Waals surface area contributed by atoms with Gasteiger partial charge < -0.3 is 10.2 Å². The van der Waals surface area contributed by atoms with Crippen molar-refractivity contribution in [3.8, 4) is 0 Å². The summed E-state index contributed by atoms with van der Waals surface area (Å²) in [7, 11) is -4.23. The van der Waals surface area contributed by atoms with Gasteiger partial charge in [-0.05, 0) is 66.1 Å². The van der Waals surface area contributed by atoms with Gasteiger partial charge >= 0.3 is 0 Å². The van der Waals surface area contributed by atoms with Crippen LogP contribution in [0.1, 0.15) is 30.9 Å². The third kappa shape index (κ3) is 9.23. The Kier molecular flexibility index (Phi) is 12.3. The van der Waals surface area contributed by atoms with Gasteiger partial charge in [0.2, 0.25) is 11.8 Å². The number of benzene rings is 4. The number of carbonyl (C=O) groups excluding carboxylic acids is 2. The zero-order chi connectivity index (χ0) is 32.4. The van der Waals surface area contributed by atoms with Crippen LogP contribution in [0.5, 0.6) is 0 Å². The maximum Gasteiger partial charge on any atom is 0.264 e. The van der Waals surface area contributed by atoms with Crippen LogP contribution in [-0.4, -0.2) is 44.3 Å². The predicted octanol–water partition coefficient (Wildman–Crippen LogP) is 7.40. The molecule has 0 bridgehead atoms. The summed E-state index contributed by atoms with van der Waals surface area (Å²) in [6.45, 7) is 1.82. The van der Waals surface area contributed by atoms with E-state index in [-0.39, 0.29) is 29.5 Å². The Bertz CT molecular complexity index is 1690. The lowest BCUT2D eigenvalue weighted by Gasteiger charge is -2.34. The van der Waals surface area contributed by atoms with E-state index >= 15 is 0 Å². The second-order valence-corrected chi connectivity index (χ2v) is 13.6. The zero-order valence-corrected chi connectivity index (χ0v) is 27.8. The van der Waals surface area contributed by atoms with Gasteiger partial charge in [-0.1, -0.05) is 103 Å². The Labute approximate surface area is 279 Å². The molecule has 0 saturated carbocycles. The quantitative estimate of drug-likeness (QED) is 0.140. The van der Waals surface area contributed by atoms with Crippen molar-refractivity contribution in [2.45, 2.75) is 43.7 Å². The number of halogens is 3. The molecule has 1 N–H and O–H groups in total. The number of unbranched alkanes of at least 4 members (excludes halogenated alkanes) is 1. The molecule has 1 atom stereocenters. The summed E-state index contributed by atoms with van der Waals surface area (Å²) in [6.07, 6.45) is 1.84. The molecule has 4 rings (SSSR count). The molecule has 0 radical (unpaired) electrons. The average molecular weight is 687 g/mol. The van der Waals surface area contributed by atoms with Gasteiger partial charge in [-0.2, -0.15) is 0 Å². The summed E-state index contributed by atoms with van der Waals surface area (Å²) in [5.74, 6) is -0.938. The second kappa shape index (κ2) is 16.1. The summed E-state index contributed by atoms with van der Waals surface area (Å²) in [4.78, 5) is 29.6. The number of nitrogens with one attached hydrogen (secondary N) is 1. The van der Waals surface area contributed by atoms with Gasteiger partial charge in [0.1, 0.15) is 12.6 Å². The lowest BCUT2D eigenvalue weighted by Crippen LogP contribution is -2.53. The molecule has 11 heteroatoms. The number of hydrogen-bond acceptors (Lipinski definition) is 4. The number of rotatable bonds is 14. The first-order chi connectivity index (χ1) is 21.6. The van der Waals surface area contributed by atoms with Crippen molar-refractivity contribution in [3.63, 3.8) is 0 Å². The smallest absolute Gasteiger partial charge is 0.264 e. The summed E-state index contributed by atoms with van der Waals surface area (Å²) in [5, 5.41) is 4.08. The molecule has 0 saturated heterocycles. The molecule has 4 aromatic rings. The van der Waals surface area contributed by atoms with Crippen molar-refractivity contribution >= 4 is 62.3 Å². The van der Waals surface area contributed by atoms with Gasteiger partial charge in [-0.25, -0.2) is 8.42 Å². The molecule has 45 heavy (non-hydrogen) atoms. The lowest BCUT2D eigenvalue weighted by atomic mass is 10.0. The van der Waals surface area contributed by atoms with Crippen molar-refractivity contribution in [2.75, 3.05) is 17.4 Å². The highest BCUT2D eigenvalue weighted by molar-refractivity contribution is 7.92. The van der Waals surface area contributed by atoms with E-state index in [9.17, 15) is 18.0 Å². The Morgan fingerprint density at radius 3 is 2.07 bits per heavy atom. The highest BCUT2D eigenvalue weighted by Gasteiger charge is 2.34. The monoisotopic (exact) mass is 685 g/mol. The summed E-state index contributed by atoms with van der Waals surface area (Å²) < 4.78 is 29.1. The average Bonchev–Trinajstić information content (AvgIpc) is 3.03. The van der Waals surface area contributed by atoms with E-state index in [0.717, 1.165) is 22.7 Å². The molecule has 0 spiro atoms. The maximum atomic E-state index is 14.5. The minimum atomic E-state index is -4.23. The normalized spacial score (nSPS) is 11.9. The van der Waals surface area contributed by atoms with Crippen LogP contribution in [0.4, 0.5) is 5.69 Å². The number of anilines is 1. The van der Waals surface area contributed by atoms with Crippen molar-refractivity contribution in [2.24, 2.45) is 0 Å². The van der Waals surface area contributed by atoms with Crippen molar-refractivity contribution in [3.05, 3.63) is 129 Å². The number of carbonyl (C=O) groups is 2. The van der Waals surface area contributed by atoms with Gasteiger partial charge in [0.05, 0.1) is 10.6 Å². The molecular formula is C34H34Cl3N3O4S. The third-order valence-electron chi connectivity index (χ3n) is 7.18. The van der Waals surface area contributed by atoms with E-state index in [1.807, 2.05) is 37.3 Å². The van der Waals surface area contributed by atoms with E-state index < -0.39 is 28.5 Å². The SMILES string of the molecule is CCCCNC(=O)[C@@H](Cc1ccccc1)N(Cc1ccc(Cl)cc1Cl)C(=O)CN(c1ccccc1)S(=O)(=O)c1ccc(Cl)cc1. The van der Waals surface area contributed by atoms with Crippen LogP contribution in [0.3, 0.4) is 0 Å². The van der Waals surface area contributed by atoms with Crippen LogP contribution in [0.2, 0.25) is 15.1 Å². The summed E-state index contributed by atoms with van der Waals surface area (Å²) in [5.41, 5.74) is 1.68. The minimum absolute atomic E-state index is 0.0333. The van der Waals surface area contributed by atoms with Crippen LogP contribution in [-0.2, 0) is 32.6 Å². The Morgan fingerprint density at radius 2 is 1.44 bits per heavy atom. The predicted molar refractivity (Wildman–Crippen MR) is 181 cm³/mol. The molecule has 2 amide bonds. The van der Waals surface area contributed by atoms with Gasteiger partial charge in [0.25, 0.3) is 10.0 Å². The van der Waals surface area contributed by atoms with Gasteiger partial charge in [0, 0.05) is 34.6 Å². The van der Waals surface area contributed by atoms with E-state index in [1.165, 1.54) is 29.2 Å². The van der Waals surface area contributed by atoms with Crippen LogP contribution in [0.25, 0.3) is 0 Å². The molecule has 0 aliphatic carbocycles. The van der Waals surface area contributed by atoms with Gasteiger partial charge in [-0.15, -0.1) is 0 Å². The van der Waals surface area contributed by atoms with Crippen molar-refractivity contribution in [1.29, 1.82) is 0 Å². The first-order valence-corrected chi connectivity index (χ1v) is 17.1. The number of hydrogen-bond donors (Lipinski definition) is 1. The van der Waals surface area contributed by atoms with Crippen LogP contribution in [0, 0.1) is 0 Å². The van der Waals surface area contributed by atoms with Crippen LogP contribution in [0.15, 0.2) is 108 Å². The first kappa shape index (κ1) is 34.3. The van der Waals surface area contributed by atoms with Crippen molar-refractivity contribution in [1.82, 2.24) is 10.2 Å². The molecule has 4 aromatic carbocycles. The fourth-order valence-electron chi connectivity index (χ4n) is 4.75. The van der Waals surface area contributed by atoms with E-state index in [1.54, 1.807) is 48.5 Å². The molecule has 0 heterocycles. The number of amides is 2. The molecule has 7 nitrogen and oxygen atoms in total. The highest BCUT2D eigenvalue weighted by atomic mass is 35.5. The Balaban J connectivity index is 1.79. The highest BCUT2D eigenvalue weighted by Crippen LogP contribution is 2.27. The summed E-state index contributed by atoms with van der Waals surface area (Å²) >= 11 is 18.7. The molecule has 236 valence electrons. The van der Waals surface area contributed by atoms with Crippen LogP contribution >= 0.6 is 34.8 Å². The molecule has 0 fully saturated rings. The van der Waals surface area contributed by atoms with Crippen LogP contribution < -0.4 is 9.62 Å². The molecule has 0 aromatic heterocycles. The molecular weight excluding hydrogens is 653 g/mol. The third-order valence-corrected chi connectivity index (χ3v) is 9.81. The lowest BCUT2D eigenvalue weighted by molar-refractivity contribution is -0.140. The molecule has 0 aliphatic rings. The Hall–Kier alpha value is -3.56. The van der Waals surface area contributed by atoms with Gasteiger partial charge in [0.15, 0.2) is 0 Å². The number of sulfonamides is 1. The largest absolute Gasteiger partial charge is 0.354 e. The minimum Gasteiger partial charge on any atom is -0.354 e. The van der Waals surface area contributed by atoms with Crippen molar-refractivity contribution < 1.29 is 18.0 Å². The summed E-state index contributed by atoms with van der Waals surface area (Å²) in [6, 6.07) is 27.4. The Morgan fingerprint density at radius 1 is 0.822 bits per heavy atom. The zero-order valence-electron chi connectivity index (χ0n) is 24.7. The standard InChI is InChI=1S/C34H34Cl3N3O4S/c1-2-3-20-38-34(42)32(21-25-10-6-4-7-11-25)39(23-26-14-15-28(36)22-31(26)37)33(41)24-40(29-12-8-5-9-13-29)45(43,44)30-18-16-27(35)17-19-30/h4-19,22,32H,2-3,20-21,23-24H2,1H3,(H,38,42)/t32-/m1/s1. The maximum absolute atomic E-state index is 14.5.